The van der Waals surface area contributed by atoms with E-state index in [1.165, 1.54) is 41.3 Å². The number of halogens is 6. The van der Waals surface area contributed by atoms with Crippen molar-refractivity contribution in [1.82, 2.24) is 4.90 Å². The number of benzene rings is 2. The fourth-order valence-electron chi connectivity index (χ4n) is 3.65. The molecule has 1 amide bonds. The van der Waals surface area contributed by atoms with Gasteiger partial charge in [-0.25, -0.2) is 13.6 Å². The van der Waals surface area contributed by atoms with Gasteiger partial charge in [-0.1, -0.05) is 35.9 Å². The van der Waals surface area contributed by atoms with Gasteiger partial charge in [0.25, 0.3) is 5.92 Å². The lowest BCUT2D eigenvalue weighted by Gasteiger charge is -2.39. The van der Waals surface area contributed by atoms with Crippen LogP contribution in [0.1, 0.15) is 33.6 Å². The number of piperidine rings is 1. The minimum Gasteiger partial charge on any atom is -0.444 e. The van der Waals surface area contributed by atoms with Crippen molar-refractivity contribution in [2.45, 2.75) is 57.5 Å². The standard InChI is InChI=1S/C24H26ClF5N2O4/c1-22(2,3)36-21(33)32-11-10-23(26,27)13-16(32)14-34-31-15-8-9-17(19(25)12-15)18-6-4-5-7-20(18)35-24(28,29)30/h4-9,12,16,31H,10-11,13-14H2,1-3H3/t16-/m1/s1. The molecule has 36 heavy (non-hydrogen) atoms. The van der Waals surface area contributed by atoms with E-state index in [-0.39, 0.29) is 29.3 Å². The van der Waals surface area contributed by atoms with Crippen molar-refractivity contribution in [3.63, 3.8) is 0 Å². The van der Waals surface area contributed by atoms with Crippen molar-refractivity contribution in [1.29, 1.82) is 0 Å². The number of likely N-dealkylation sites (tertiary alicyclic amines) is 1. The van der Waals surface area contributed by atoms with E-state index in [0.717, 1.165) is 0 Å². The molecule has 2 aromatic carbocycles. The van der Waals surface area contributed by atoms with Crippen LogP contribution in [0.15, 0.2) is 42.5 Å². The first-order chi connectivity index (χ1) is 16.6. The van der Waals surface area contributed by atoms with Crippen LogP contribution in [-0.2, 0) is 9.57 Å². The summed E-state index contributed by atoms with van der Waals surface area (Å²) in [7, 11) is 0. The number of carbonyl (C=O) groups is 1. The number of anilines is 1. The second kappa shape index (κ2) is 10.7. The van der Waals surface area contributed by atoms with E-state index in [9.17, 15) is 26.7 Å². The zero-order valence-corrected chi connectivity index (χ0v) is 20.6. The average Bonchev–Trinajstić information content (AvgIpc) is 2.71. The van der Waals surface area contributed by atoms with Crippen LogP contribution in [0.25, 0.3) is 11.1 Å². The Morgan fingerprint density at radius 2 is 1.83 bits per heavy atom. The number of carbonyl (C=O) groups excluding carboxylic acids is 1. The van der Waals surface area contributed by atoms with Crippen LogP contribution in [-0.4, -0.2) is 48.1 Å². The lowest BCUT2D eigenvalue weighted by atomic mass is 9.99. The van der Waals surface area contributed by atoms with Crippen molar-refractivity contribution in [3.05, 3.63) is 47.5 Å². The summed E-state index contributed by atoms with van der Waals surface area (Å²) in [5, 5.41) is 0.0985. The van der Waals surface area contributed by atoms with E-state index >= 15 is 0 Å². The fraction of sp³-hybridized carbons (Fsp3) is 0.458. The highest BCUT2D eigenvalue weighted by Gasteiger charge is 2.43. The van der Waals surface area contributed by atoms with Gasteiger partial charge in [0, 0.05) is 30.5 Å². The first kappa shape index (κ1) is 27.8. The van der Waals surface area contributed by atoms with Gasteiger partial charge >= 0.3 is 12.5 Å². The van der Waals surface area contributed by atoms with Crippen molar-refractivity contribution < 1.29 is 41.1 Å². The van der Waals surface area contributed by atoms with Gasteiger partial charge in [0.15, 0.2) is 0 Å². The van der Waals surface area contributed by atoms with Gasteiger partial charge in [0.05, 0.1) is 23.4 Å². The van der Waals surface area contributed by atoms with Crippen molar-refractivity contribution >= 4 is 23.4 Å². The summed E-state index contributed by atoms with van der Waals surface area (Å²) in [4.78, 5) is 19.1. The van der Waals surface area contributed by atoms with Crippen LogP contribution in [0.5, 0.6) is 5.75 Å². The monoisotopic (exact) mass is 536 g/mol. The Kier molecular flexibility index (Phi) is 8.24. The molecule has 1 heterocycles. The number of rotatable bonds is 6. The Hall–Kier alpha value is -2.79. The van der Waals surface area contributed by atoms with Crippen LogP contribution < -0.4 is 10.2 Å². The summed E-state index contributed by atoms with van der Waals surface area (Å²) < 4.78 is 75.7. The molecule has 1 fully saturated rings. The van der Waals surface area contributed by atoms with Crippen LogP contribution in [0, 0.1) is 0 Å². The van der Waals surface area contributed by atoms with Gasteiger partial charge in [-0.15, -0.1) is 13.2 Å². The average molecular weight is 537 g/mol. The first-order valence-corrected chi connectivity index (χ1v) is 11.4. The zero-order valence-electron chi connectivity index (χ0n) is 19.8. The predicted octanol–water partition coefficient (Wildman–Crippen LogP) is 7.28. The number of amides is 1. The molecule has 2 aromatic rings. The second-order valence-corrected chi connectivity index (χ2v) is 9.70. The summed E-state index contributed by atoms with van der Waals surface area (Å²) >= 11 is 6.30. The molecule has 0 bridgehead atoms. The minimum atomic E-state index is -4.87. The highest BCUT2D eigenvalue weighted by molar-refractivity contribution is 6.33. The van der Waals surface area contributed by atoms with Crippen molar-refractivity contribution in [2.75, 3.05) is 18.6 Å². The molecule has 0 radical (unpaired) electrons. The molecule has 0 aromatic heterocycles. The number of nitrogens with one attached hydrogen (secondary N) is 1. The van der Waals surface area contributed by atoms with E-state index in [1.807, 2.05) is 0 Å². The highest BCUT2D eigenvalue weighted by atomic mass is 35.5. The molecule has 198 valence electrons. The van der Waals surface area contributed by atoms with Gasteiger partial charge in [0.2, 0.25) is 0 Å². The number of ether oxygens (including phenoxy) is 2. The van der Waals surface area contributed by atoms with Crippen LogP contribution >= 0.6 is 11.6 Å². The number of nitrogens with zero attached hydrogens (tertiary/aromatic N) is 1. The smallest absolute Gasteiger partial charge is 0.444 e. The summed E-state index contributed by atoms with van der Waals surface area (Å²) in [6.45, 7) is 4.58. The zero-order chi connectivity index (χ0) is 26.7. The molecule has 6 nitrogen and oxygen atoms in total. The van der Waals surface area contributed by atoms with E-state index in [0.29, 0.717) is 5.69 Å². The summed E-state index contributed by atoms with van der Waals surface area (Å²) in [5.74, 6) is -3.37. The number of alkyl halides is 5. The Balaban J connectivity index is 1.68. The SMILES string of the molecule is CC(C)(C)OC(=O)N1CCC(F)(F)C[C@@H]1CONc1ccc(-c2ccccc2OC(F)(F)F)c(Cl)c1. The molecule has 1 aliphatic heterocycles. The van der Waals surface area contributed by atoms with E-state index in [4.69, 9.17) is 21.2 Å². The van der Waals surface area contributed by atoms with Gasteiger partial charge < -0.3 is 14.4 Å². The first-order valence-electron chi connectivity index (χ1n) is 11.0. The Labute approximate surface area is 210 Å². The molecule has 12 heteroatoms. The summed E-state index contributed by atoms with van der Waals surface area (Å²) in [6, 6.07) is 8.96. The molecule has 0 spiro atoms. The molecule has 1 atom stereocenters. The second-order valence-electron chi connectivity index (χ2n) is 9.29. The van der Waals surface area contributed by atoms with Crippen molar-refractivity contribution in [2.24, 2.45) is 0 Å². The fourth-order valence-corrected chi connectivity index (χ4v) is 3.94. The third-order valence-electron chi connectivity index (χ3n) is 5.16. The van der Waals surface area contributed by atoms with Crippen LogP contribution in [0.2, 0.25) is 5.02 Å². The Morgan fingerprint density at radius 3 is 2.47 bits per heavy atom. The molecule has 0 saturated carbocycles. The lowest BCUT2D eigenvalue weighted by Crippen LogP contribution is -2.53. The maximum Gasteiger partial charge on any atom is 0.573 e. The third kappa shape index (κ3) is 7.86. The van der Waals surface area contributed by atoms with E-state index in [2.05, 4.69) is 10.2 Å². The molecule has 0 unspecified atom stereocenters. The van der Waals surface area contributed by atoms with Gasteiger partial charge in [0.1, 0.15) is 11.4 Å². The van der Waals surface area contributed by atoms with Gasteiger partial charge in [-0.3, -0.25) is 10.3 Å². The largest absolute Gasteiger partial charge is 0.573 e. The molecule has 1 N–H and O–H groups in total. The molecule has 3 rings (SSSR count). The minimum absolute atomic E-state index is 0.0985. The molecular formula is C24H26ClF5N2O4. The quantitative estimate of drug-likeness (QED) is 0.310. The number of para-hydroxylation sites is 1. The Morgan fingerprint density at radius 1 is 1.14 bits per heavy atom. The number of hydrogen-bond donors (Lipinski definition) is 1. The third-order valence-corrected chi connectivity index (χ3v) is 5.47. The maximum atomic E-state index is 14.0. The normalized spacial score (nSPS) is 18.0. The maximum absolute atomic E-state index is 14.0. The van der Waals surface area contributed by atoms with E-state index < -0.39 is 48.6 Å². The lowest BCUT2D eigenvalue weighted by molar-refractivity contribution is -0.274. The van der Waals surface area contributed by atoms with Gasteiger partial charge in [-0.2, -0.15) is 0 Å². The highest BCUT2D eigenvalue weighted by Crippen LogP contribution is 2.38. The summed E-state index contributed by atoms with van der Waals surface area (Å²) in [5.41, 5.74) is 2.53. The Bertz CT molecular complexity index is 1080. The van der Waals surface area contributed by atoms with Crippen LogP contribution in [0.3, 0.4) is 0 Å². The van der Waals surface area contributed by atoms with E-state index in [1.54, 1.807) is 26.8 Å². The molecule has 1 saturated heterocycles. The molecule has 1 aliphatic rings. The van der Waals surface area contributed by atoms with Gasteiger partial charge in [-0.05, 0) is 39.0 Å². The van der Waals surface area contributed by atoms with Crippen molar-refractivity contribution in [3.8, 4) is 16.9 Å². The predicted molar refractivity (Wildman–Crippen MR) is 124 cm³/mol. The molecule has 0 aliphatic carbocycles. The topological polar surface area (TPSA) is 60.0 Å². The molecular weight excluding hydrogens is 511 g/mol. The summed E-state index contributed by atoms with van der Waals surface area (Å²) in [6.07, 6.45) is -6.66. The van der Waals surface area contributed by atoms with Crippen LogP contribution in [0.4, 0.5) is 32.4 Å². The number of hydrogen-bond acceptors (Lipinski definition) is 5.